The van der Waals surface area contributed by atoms with Gasteiger partial charge in [0.15, 0.2) is 0 Å². The van der Waals surface area contributed by atoms with E-state index in [0.717, 1.165) is 25.2 Å². The number of benzene rings is 1. The normalized spacial score (nSPS) is 21.6. The first kappa shape index (κ1) is 13.3. The molecule has 2 aromatic rings. The third-order valence-electron chi connectivity index (χ3n) is 4.24. The number of aromatic amines is 1. The average Bonchev–Trinajstić information content (AvgIpc) is 2.99. The molecule has 0 bridgehead atoms. The van der Waals surface area contributed by atoms with Crippen molar-refractivity contribution in [3.05, 3.63) is 47.5 Å². The molecule has 1 heterocycles. The number of aryl methyl sites for hydroxylation is 1. The SMILES string of the molecule is CC1CCC(NCCCc2ncn[nH]2)c2ccccc21. The standard InChI is InChI=1S/C16H22N4/c1-12-8-9-15(14-6-3-2-5-13(12)14)17-10-4-7-16-18-11-19-20-16/h2-3,5-6,11-12,15,17H,4,7-10H2,1H3,(H,18,19,20). The molecule has 1 aromatic carbocycles. The second-order valence-corrected chi connectivity index (χ2v) is 5.65. The van der Waals surface area contributed by atoms with Gasteiger partial charge in [-0.2, -0.15) is 5.10 Å². The maximum Gasteiger partial charge on any atom is 0.137 e. The summed E-state index contributed by atoms with van der Waals surface area (Å²) >= 11 is 0. The summed E-state index contributed by atoms with van der Waals surface area (Å²) < 4.78 is 0. The number of rotatable bonds is 5. The van der Waals surface area contributed by atoms with E-state index in [1.54, 1.807) is 6.33 Å². The Morgan fingerprint density at radius 1 is 1.25 bits per heavy atom. The molecule has 0 saturated heterocycles. The van der Waals surface area contributed by atoms with Crippen LogP contribution in [0.4, 0.5) is 0 Å². The summed E-state index contributed by atoms with van der Waals surface area (Å²) in [7, 11) is 0. The molecular formula is C16H22N4. The molecular weight excluding hydrogens is 248 g/mol. The lowest BCUT2D eigenvalue weighted by Gasteiger charge is -2.30. The van der Waals surface area contributed by atoms with Gasteiger partial charge in [0.25, 0.3) is 0 Å². The minimum Gasteiger partial charge on any atom is -0.310 e. The molecule has 4 heteroatoms. The summed E-state index contributed by atoms with van der Waals surface area (Å²) in [6.07, 6.45) is 6.12. The molecule has 2 N–H and O–H groups in total. The third kappa shape index (κ3) is 2.90. The largest absolute Gasteiger partial charge is 0.310 e. The van der Waals surface area contributed by atoms with Crippen molar-refractivity contribution in [3.8, 4) is 0 Å². The van der Waals surface area contributed by atoms with Crippen LogP contribution in [-0.2, 0) is 6.42 Å². The van der Waals surface area contributed by atoms with Gasteiger partial charge in [-0.1, -0.05) is 31.2 Å². The van der Waals surface area contributed by atoms with Gasteiger partial charge in [0.2, 0.25) is 0 Å². The van der Waals surface area contributed by atoms with Crippen molar-refractivity contribution in [1.82, 2.24) is 20.5 Å². The Bertz CT molecular complexity index is 535. The maximum absolute atomic E-state index is 4.15. The minimum atomic E-state index is 0.511. The average molecular weight is 270 g/mol. The number of hydrogen-bond acceptors (Lipinski definition) is 3. The zero-order chi connectivity index (χ0) is 13.8. The first-order valence-corrected chi connectivity index (χ1v) is 7.51. The van der Waals surface area contributed by atoms with Gasteiger partial charge in [-0.3, -0.25) is 5.10 Å². The van der Waals surface area contributed by atoms with Crippen molar-refractivity contribution < 1.29 is 0 Å². The van der Waals surface area contributed by atoms with Gasteiger partial charge in [0.1, 0.15) is 12.2 Å². The van der Waals surface area contributed by atoms with E-state index < -0.39 is 0 Å². The van der Waals surface area contributed by atoms with E-state index in [-0.39, 0.29) is 0 Å². The lowest BCUT2D eigenvalue weighted by atomic mass is 9.81. The van der Waals surface area contributed by atoms with Crippen LogP contribution in [0.15, 0.2) is 30.6 Å². The summed E-state index contributed by atoms with van der Waals surface area (Å²) in [5, 5.41) is 10.5. The molecule has 0 spiro atoms. The van der Waals surface area contributed by atoms with E-state index in [1.807, 2.05) is 0 Å². The van der Waals surface area contributed by atoms with E-state index in [2.05, 4.69) is 51.7 Å². The number of aromatic nitrogens is 3. The Morgan fingerprint density at radius 2 is 2.10 bits per heavy atom. The second kappa shape index (κ2) is 6.18. The Morgan fingerprint density at radius 3 is 2.90 bits per heavy atom. The highest BCUT2D eigenvalue weighted by Crippen LogP contribution is 2.36. The smallest absolute Gasteiger partial charge is 0.137 e. The predicted octanol–water partition coefficient (Wildman–Crippen LogP) is 2.97. The number of nitrogens with zero attached hydrogens (tertiary/aromatic N) is 2. The lowest BCUT2D eigenvalue weighted by molar-refractivity contribution is 0.429. The van der Waals surface area contributed by atoms with Crippen LogP contribution in [0.2, 0.25) is 0 Å². The number of nitrogens with one attached hydrogen (secondary N) is 2. The van der Waals surface area contributed by atoms with E-state index in [0.29, 0.717) is 12.0 Å². The molecule has 0 amide bonds. The van der Waals surface area contributed by atoms with Crippen molar-refractivity contribution in [2.24, 2.45) is 0 Å². The summed E-state index contributed by atoms with van der Waals surface area (Å²) in [6.45, 7) is 3.35. The first-order chi connectivity index (χ1) is 9.84. The maximum atomic E-state index is 4.15. The first-order valence-electron chi connectivity index (χ1n) is 7.51. The fourth-order valence-electron chi connectivity index (χ4n) is 3.10. The van der Waals surface area contributed by atoms with Crippen LogP contribution in [0.3, 0.4) is 0 Å². The van der Waals surface area contributed by atoms with Crippen LogP contribution in [-0.4, -0.2) is 21.7 Å². The predicted molar refractivity (Wildman–Crippen MR) is 79.5 cm³/mol. The van der Waals surface area contributed by atoms with E-state index >= 15 is 0 Å². The number of hydrogen-bond donors (Lipinski definition) is 2. The molecule has 1 aromatic heterocycles. The Balaban J connectivity index is 1.54. The minimum absolute atomic E-state index is 0.511. The van der Waals surface area contributed by atoms with Crippen LogP contribution >= 0.6 is 0 Å². The molecule has 4 nitrogen and oxygen atoms in total. The van der Waals surface area contributed by atoms with Gasteiger partial charge in [-0.25, -0.2) is 4.98 Å². The molecule has 1 aliphatic carbocycles. The van der Waals surface area contributed by atoms with Crippen LogP contribution in [0.5, 0.6) is 0 Å². The summed E-state index contributed by atoms with van der Waals surface area (Å²) in [6, 6.07) is 9.38. The molecule has 20 heavy (non-hydrogen) atoms. The zero-order valence-corrected chi connectivity index (χ0v) is 12.0. The highest BCUT2D eigenvalue weighted by atomic mass is 15.2. The topological polar surface area (TPSA) is 53.6 Å². The van der Waals surface area contributed by atoms with Crippen molar-refractivity contribution in [3.63, 3.8) is 0 Å². The van der Waals surface area contributed by atoms with Crippen molar-refractivity contribution in [2.75, 3.05) is 6.54 Å². The molecule has 0 fully saturated rings. The lowest BCUT2D eigenvalue weighted by Crippen LogP contribution is -2.27. The Hall–Kier alpha value is -1.68. The summed E-state index contributed by atoms with van der Waals surface area (Å²) in [5.41, 5.74) is 3.01. The van der Waals surface area contributed by atoms with Gasteiger partial charge >= 0.3 is 0 Å². The highest BCUT2D eigenvalue weighted by Gasteiger charge is 2.23. The Kier molecular flexibility index (Phi) is 4.11. The van der Waals surface area contributed by atoms with Crippen LogP contribution in [0.25, 0.3) is 0 Å². The molecule has 0 aliphatic heterocycles. The fraction of sp³-hybridized carbons (Fsp3) is 0.500. The fourth-order valence-corrected chi connectivity index (χ4v) is 3.10. The third-order valence-corrected chi connectivity index (χ3v) is 4.24. The van der Waals surface area contributed by atoms with Crippen LogP contribution in [0, 0.1) is 0 Å². The molecule has 0 radical (unpaired) electrons. The van der Waals surface area contributed by atoms with Crippen molar-refractivity contribution >= 4 is 0 Å². The molecule has 1 aliphatic rings. The summed E-state index contributed by atoms with van der Waals surface area (Å²) in [4.78, 5) is 4.15. The molecule has 2 unspecified atom stereocenters. The van der Waals surface area contributed by atoms with Crippen molar-refractivity contribution in [1.29, 1.82) is 0 Å². The number of fused-ring (bicyclic) bond motifs is 1. The van der Waals surface area contributed by atoms with E-state index in [1.165, 1.54) is 24.0 Å². The van der Waals surface area contributed by atoms with Crippen LogP contribution in [0.1, 0.15) is 55.1 Å². The second-order valence-electron chi connectivity index (χ2n) is 5.65. The van der Waals surface area contributed by atoms with Gasteiger partial charge in [0.05, 0.1) is 0 Å². The molecule has 106 valence electrons. The monoisotopic (exact) mass is 270 g/mol. The summed E-state index contributed by atoms with van der Waals surface area (Å²) in [5.74, 6) is 1.67. The highest BCUT2D eigenvalue weighted by molar-refractivity contribution is 5.34. The van der Waals surface area contributed by atoms with E-state index in [9.17, 15) is 0 Å². The zero-order valence-electron chi connectivity index (χ0n) is 12.0. The molecule has 2 atom stereocenters. The quantitative estimate of drug-likeness (QED) is 0.821. The molecule has 3 rings (SSSR count). The van der Waals surface area contributed by atoms with Crippen LogP contribution < -0.4 is 5.32 Å². The van der Waals surface area contributed by atoms with Gasteiger partial charge in [-0.05, 0) is 42.9 Å². The van der Waals surface area contributed by atoms with Gasteiger partial charge < -0.3 is 5.32 Å². The van der Waals surface area contributed by atoms with Gasteiger partial charge in [0, 0.05) is 12.5 Å². The Labute approximate surface area is 120 Å². The van der Waals surface area contributed by atoms with Gasteiger partial charge in [-0.15, -0.1) is 0 Å². The van der Waals surface area contributed by atoms with E-state index in [4.69, 9.17) is 0 Å². The number of H-pyrrole nitrogens is 1. The van der Waals surface area contributed by atoms with Crippen molar-refractivity contribution in [2.45, 2.75) is 44.6 Å². The molecule has 0 saturated carbocycles.